The maximum absolute atomic E-state index is 13.4. The molecule has 0 aromatic heterocycles. The molecule has 0 bridgehead atoms. The Kier molecular flexibility index (Phi) is 7.62. The molecule has 0 N–H and O–H groups in total. The van der Waals surface area contributed by atoms with Crippen molar-refractivity contribution in [3.8, 4) is 5.75 Å². The summed E-state index contributed by atoms with van der Waals surface area (Å²) in [4.78, 5) is 29.8. The number of halogens is 2. The van der Waals surface area contributed by atoms with Gasteiger partial charge in [0.25, 0.3) is 0 Å². The summed E-state index contributed by atoms with van der Waals surface area (Å²) < 4.78 is 5.65. The van der Waals surface area contributed by atoms with E-state index in [1.807, 2.05) is 30.1 Å². The smallest absolute Gasteiger partial charge is 0.310 e. The Labute approximate surface area is 205 Å². The van der Waals surface area contributed by atoms with Crippen molar-refractivity contribution in [1.82, 2.24) is 9.80 Å². The molecule has 1 fully saturated rings. The molecule has 1 heterocycles. The zero-order chi connectivity index (χ0) is 23.5. The first kappa shape index (κ1) is 24.1. The molecule has 1 aliphatic carbocycles. The second-order valence-electron chi connectivity index (χ2n) is 8.88. The number of carbonyl (C=O) groups excluding carboxylic acids is 2. The van der Waals surface area contributed by atoms with Gasteiger partial charge in [0.05, 0.1) is 22.5 Å². The van der Waals surface area contributed by atoms with E-state index < -0.39 is 0 Å². The van der Waals surface area contributed by atoms with Crippen molar-refractivity contribution in [1.29, 1.82) is 0 Å². The number of likely N-dealkylation sites (N-methyl/N-ethyl adjacent to an activating group) is 1. The molecule has 0 spiro atoms. The number of hydrogen-bond acceptors (Lipinski definition) is 4. The van der Waals surface area contributed by atoms with Crippen molar-refractivity contribution in [3.05, 3.63) is 63.1 Å². The minimum Gasteiger partial charge on any atom is -0.426 e. The van der Waals surface area contributed by atoms with Crippen LogP contribution < -0.4 is 4.74 Å². The van der Waals surface area contributed by atoms with Crippen LogP contribution in [0.15, 0.2) is 36.4 Å². The van der Waals surface area contributed by atoms with Gasteiger partial charge in [-0.1, -0.05) is 48.3 Å². The van der Waals surface area contributed by atoms with Gasteiger partial charge >= 0.3 is 5.97 Å². The molecule has 1 amide bonds. The first-order valence-corrected chi connectivity index (χ1v) is 12.4. The number of hydrogen-bond donors (Lipinski definition) is 0. The van der Waals surface area contributed by atoms with Gasteiger partial charge in [0, 0.05) is 25.1 Å². The molecule has 2 aliphatic rings. The van der Waals surface area contributed by atoms with Crippen LogP contribution in [0.5, 0.6) is 5.75 Å². The Balaban J connectivity index is 1.66. The number of nitrogens with zero attached hydrogens (tertiary/aromatic N) is 2. The summed E-state index contributed by atoms with van der Waals surface area (Å²) >= 11 is 12.2. The highest BCUT2D eigenvalue weighted by Crippen LogP contribution is 2.41. The lowest BCUT2D eigenvalue weighted by molar-refractivity contribution is -0.135. The Morgan fingerprint density at radius 3 is 2.58 bits per heavy atom. The zero-order valence-corrected chi connectivity index (χ0v) is 20.7. The summed E-state index contributed by atoms with van der Waals surface area (Å²) in [5.41, 5.74) is 2.94. The molecular formula is C26H30Cl2N2O3. The lowest BCUT2D eigenvalue weighted by Gasteiger charge is -2.44. The molecule has 4 rings (SSSR count). The van der Waals surface area contributed by atoms with E-state index in [1.54, 1.807) is 19.1 Å². The average molecular weight is 489 g/mol. The van der Waals surface area contributed by atoms with Crippen LogP contribution in [0.25, 0.3) is 0 Å². The van der Waals surface area contributed by atoms with Crippen molar-refractivity contribution >= 4 is 35.1 Å². The third-order valence-corrected chi connectivity index (χ3v) is 7.55. The lowest BCUT2D eigenvalue weighted by atomic mass is 9.81. The summed E-state index contributed by atoms with van der Waals surface area (Å²) in [5, 5.41) is 0.927. The van der Waals surface area contributed by atoms with Crippen molar-refractivity contribution in [3.63, 3.8) is 0 Å². The standard InChI is InChI=1S/C26H30Cl2N2O3/c1-3-25(32)33-23-8-6-7-19-18(23)10-12-22(30-13-4-5-14-30)26(19)29(2)24(31)16-17-9-11-20(27)21(28)15-17/h6-9,11,15,22,26H,3-5,10,12-14,16H2,1-2H3. The lowest BCUT2D eigenvalue weighted by Crippen LogP contribution is -2.48. The number of benzene rings is 2. The Morgan fingerprint density at radius 1 is 1.12 bits per heavy atom. The SMILES string of the molecule is CCC(=O)Oc1cccc2c1CCC(N1CCCC1)C2N(C)C(=O)Cc1ccc(Cl)c(Cl)c1. The van der Waals surface area contributed by atoms with Gasteiger partial charge in [0.1, 0.15) is 5.75 Å². The number of rotatable bonds is 6. The number of amides is 1. The fourth-order valence-corrected chi connectivity index (χ4v) is 5.42. The minimum absolute atomic E-state index is 0.0198. The largest absolute Gasteiger partial charge is 0.426 e. The molecule has 2 atom stereocenters. The average Bonchev–Trinajstić information content (AvgIpc) is 3.35. The summed E-state index contributed by atoms with van der Waals surface area (Å²) in [7, 11) is 1.88. The van der Waals surface area contributed by atoms with Gasteiger partial charge in [0.2, 0.25) is 5.91 Å². The molecular weight excluding hydrogens is 459 g/mol. The summed E-state index contributed by atoms with van der Waals surface area (Å²) in [6.45, 7) is 3.89. The highest BCUT2D eigenvalue weighted by Gasteiger charge is 2.39. The molecule has 0 radical (unpaired) electrons. The number of carbonyl (C=O) groups is 2. The van der Waals surface area contributed by atoms with Crippen LogP contribution in [0.4, 0.5) is 0 Å². The third kappa shape index (κ3) is 5.21. The molecule has 2 aromatic carbocycles. The van der Waals surface area contributed by atoms with E-state index in [4.69, 9.17) is 27.9 Å². The fourth-order valence-electron chi connectivity index (χ4n) is 5.10. The first-order chi connectivity index (χ1) is 15.9. The highest BCUT2D eigenvalue weighted by atomic mass is 35.5. The van der Waals surface area contributed by atoms with E-state index >= 15 is 0 Å². The van der Waals surface area contributed by atoms with Gasteiger partial charge in [-0.15, -0.1) is 0 Å². The van der Waals surface area contributed by atoms with E-state index in [2.05, 4.69) is 11.0 Å². The van der Waals surface area contributed by atoms with Gasteiger partial charge in [-0.3, -0.25) is 14.5 Å². The summed E-state index contributed by atoms with van der Waals surface area (Å²) in [6, 6.07) is 11.3. The molecule has 33 heavy (non-hydrogen) atoms. The quantitative estimate of drug-likeness (QED) is 0.399. The summed E-state index contributed by atoms with van der Waals surface area (Å²) in [6.07, 6.45) is 4.69. The molecule has 7 heteroatoms. The Hall–Kier alpha value is -2.08. The van der Waals surface area contributed by atoms with Crippen molar-refractivity contribution in [2.75, 3.05) is 20.1 Å². The number of esters is 1. The fraction of sp³-hybridized carbons (Fsp3) is 0.462. The second kappa shape index (κ2) is 10.5. The Bertz CT molecular complexity index is 1040. The maximum Gasteiger partial charge on any atom is 0.310 e. The molecule has 5 nitrogen and oxygen atoms in total. The normalized spacial score (nSPS) is 20.4. The van der Waals surface area contributed by atoms with E-state index in [9.17, 15) is 9.59 Å². The molecule has 1 saturated heterocycles. The van der Waals surface area contributed by atoms with Crippen molar-refractivity contribution in [2.24, 2.45) is 0 Å². The predicted molar refractivity (Wildman–Crippen MR) is 131 cm³/mol. The van der Waals surface area contributed by atoms with Crippen LogP contribution in [0.2, 0.25) is 10.0 Å². The molecule has 176 valence electrons. The maximum atomic E-state index is 13.4. The molecule has 2 aromatic rings. The molecule has 1 aliphatic heterocycles. The second-order valence-corrected chi connectivity index (χ2v) is 9.69. The predicted octanol–water partition coefficient (Wildman–Crippen LogP) is 5.46. The van der Waals surface area contributed by atoms with Crippen LogP contribution in [0.3, 0.4) is 0 Å². The zero-order valence-electron chi connectivity index (χ0n) is 19.2. The van der Waals surface area contributed by atoms with Gasteiger partial charge in [-0.25, -0.2) is 0 Å². The van der Waals surface area contributed by atoms with Crippen molar-refractivity contribution in [2.45, 2.75) is 57.5 Å². The van der Waals surface area contributed by atoms with Crippen molar-refractivity contribution < 1.29 is 14.3 Å². The number of likely N-dealkylation sites (tertiary alicyclic amines) is 1. The summed E-state index contributed by atoms with van der Waals surface area (Å²) in [5.74, 6) is 0.395. The molecule has 0 saturated carbocycles. The van der Waals surface area contributed by atoms with Crippen LogP contribution >= 0.6 is 23.2 Å². The Morgan fingerprint density at radius 2 is 1.88 bits per heavy atom. The van der Waals surface area contributed by atoms with E-state index in [0.29, 0.717) is 22.2 Å². The van der Waals surface area contributed by atoms with Gasteiger partial charge in [0.15, 0.2) is 0 Å². The van der Waals surface area contributed by atoms with Gasteiger partial charge in [-0.05, 0) is 68.1 Å². The number of fused-ring (bicyclic) bond motifs is 1. The molecule has 2 unspecified atom stereocenters. The van der Waals surface area contributed by atoms with E-state index in [-0.39, 0.29) is 30.4 Å². The third-order valence-electron chi connectivity index (χ3n) is 6.81. The van der Waals surface area contributed by atoms with Crippen LogP contribution in [0.1, 0.15) is 55.3 Å². The minimum atomic E-state index is -0.245. The number of ether oxygens (including phenoxy) is 1. The van der Waals surface area contributed by atoms with Gasteiger partial charge < -0.3 is 9.64 Å². The first-order valence-electron chi connectivity index (χ1n) is 11.6. The van der Waals surface area contributed by atoms with Crippen LogP contribution in [-0.2, 0) is 22.4 Å². The van der Waals surface area contributed by atoms with Crippen LogP contribution in [-0.4, -0.2) is 47.9 Å². The topological polar surface area (TPSA) is 49.9 Å². The van der Waals surface area contributed by atoms with Gasteiger partial charge in [-0.2, -0.15) is 0 Å². The highest BCUT2D eigenvalue weighted by molar-refractivity contribution is 6.42. The monoisotopic (exact) mass is 488 g/mol. The van der Waals surface area contributed by atoms with E-state index in [1.165, 1.54) is 12.8 Å². The van der Waals surface area contributed by atoms with Crippen LogP contribution in [0, 0.1) is 0 Å². The van der Waals surface area contributed by atoms with E-state index in [0.717, 1.165) is 42.6 Å².